The fraction of sp³-hybridized carbons (Fsp3) is 0.269. The van der Waals surface area contributed by atoms with Crippen molar-refractivity contribution in [3.63, 3.8) is 0 Å². The second-order valence-electron chi connectivity index (χ2n) is 8.06. The molecule has 0 radical (unpaired) electrons. The van der Waals surface area contributed by atoms with Crippen LogP contribution in [0.5, 0.6) is 5.88 Å². The number of thioether (sulfide) groups is 1. The van der Waals surface area contributed by atoms with Crippen LogP contribution in [0.15, 0.2) is 70.2 Å². The van der Waals surface area contributed by atoms with E-state index in [2.05, 4.69) is 22.4 Å². The third-order valence-electron chi connectivity index (χ3n) is 5.56. The van der Waals surface area contributed by atoms with Crippen LogP contribution in [0.4, 0.5) is 5.69 Å². The zero-order chi connectivity index (χ0) is 23.3. The van der Waals surface area contributed by atoms with Gasteiger partial charge in [-0.2, -0.15) is 4.98 Å². The number of halogens is 1. The number of para-hydroxylation sites is 1. The number of unbranched alkanes of at least 4 members (excludes halogenated alkanes) is 3. The van der Waals surface area contributed by atoms with Crippen LogP contribution >= 0.6 is 23.4 Å². The molecule has 174 valence electrons. The summed E-state index contributed by atoms with van der Waals surface area (Å²) in [5.41, 5.74) is 3.28. The quantitative estimate of drug-likeness (QED) is 0.200. The van der Waals surface area contributed by atoms with Crippen molar-refractivity contribution in [2.24, 2.45) is 0 Å². The minimum absolute atomic E-state index is 0.439. The molecular formula is C26H25ClN4O2S. The molecule has 5 rings (SSSR count). The summed E-state index contributed by atoms with van der Waals surface area (Å²) in [5, 5.41) is 13.5. The molecule has 0 bridgehead atoms. The van der Waals surface area contributed by atoms with E-state index in [4.69, 9.17) is 25.7 Å². The third kappa shape index (κ3) is 5.05. The summed E-state index contributed by atoms with van der Waals surface area (Å²) in [4.78, 5) is 4.71. The molecule has 0 spiro atoms. The van der Waals surface area contributed by atoms with Crippen molar-refractivity contribution in [3.05, 3.63) is 71.4 Å². The van der Waals surface area contributed by atoms with Gasteiger partial charge in [0, 0.05) is 27.6 Å². The average Bonchev–Trinajstić information content (AvgIpc) is 3.28. The van der Waals surface area contributed by atoms with Gasteiger partial charge in [0.25, 0.3) is 0 Å². The van der Waals surface area contributed by atoms with E-state index < -0.39 is 6.23 Å². The van der Waals surface area contributed by atoms with E-state index in [1.165, 1.54) is 19.3 Å². The summed E-state index contributed by atoms with van der Waals surface area (Å²) in [7, 11) is 0. The lowest BCUT2D eigenvalue weighted by atomic mass is 10.1. The van der Waals surface area contributed by atoms with Crippen molar-refractivity contribution in [2.75, 3.05) is 11.1 Å². The van der Waals surface area contributed by atoms with Gasteiger partial charge in [-0.3, -0.25) is 0 Å². The number of anilines is 1. The van der Waals surface area contributed by atoms with Crippen LogP contribution < -0.4 is 10.1 Å². The fourth-order valence-electron chi connectivity index (χ4n) is 3.82. The molecule has 0 aliphatic carbocycles. The van der Waals surface area contributed by atoms with Crippen molar-refractivity contribution < 1.29 is 9.15 Å². The average molecular weight is 493 g/mol. The lowest BCUT2D eigenvalue weighted by molar-refractivity contribution is 0.196. The van der Waals surface area contributed by atoms with Crippen molar-refractivity contribution in [1.82, 2.24) is 15.2 Å². The fourth-order valence-corrected chi connectivity index (χ4v) is 4.79. The number of benzene rings is 2. The Morgan fingerprint density at radius 3 is 2.79 bits per heavy atom. The van der Waals surface area contributed by atoms with Crippen LogP contribution in [-0.4, -0.2) is 20.9 Å². The van der Waals surface area contributed by atoms with Gasteiger partial charge in [0.05, 0.1) is 0 Å². The first-order valence-electron chi connectivity index (χ1n) is 11.5. The highest BCUT2D eigenvalue weighted by molar-refractivity contribution is 7.99. The lowest BCUT2D eigenvalue weighted by Gasteiger charge is -2.16. The molecule has 1 aliphatic rings. The molecule has 0 unspecified atom stereocenters. The minimum Gasteiger partial charge on any atom is -0.455 e. The highest BCUT2D eigenvalue weighted by atomic mass is 35.5. The molecule has 2 aromatic carbocycles. The van der Waals surface area contributed by atoms with E-state index in [1.54, 1.807) is 11.8 Å². The maximum atomic E-state index is 6.33. The van der Waals surface area contributed by atoms with Crippen LogP contribution in [0.3, 0.4) is 0 Å². The maximum Gasteiger partial charge on any atom is 0.247 e. The largest absolute Gasteiger partial charge is 0.455 e. The Balaban J connectivity index is 1.43. The third-order valence-corrected chi connectivity index (χ3v) is 6.72. The van der Waals surface area contributed by atoms with E-state index in [0.717, 1.165) is 29.0 Å². The molecule has 1 N–H and O–H groups in total. The summed E-state index contributed by atoms with van der Waals surface area (Å²) in [6.07, 6.45) is 4.23. The van der Waals surface area contributed by atoms with Gasteiger partial charge in [0.2, 0.25) is 17.3 Å². The van der Waals surface area contributed by atoms with E-state index in [9.17, 15) is 0 Å². The number of aromatic nitrogens is 3. The Labute approximate surface area is 208 Å². The molecule has 0 fully saturated rings. The summed E-state index contributed by atoms with van der Waals surface area (Å²) >= 11 is 7.77. The molecule has 6 nitrogen and oxygen atoms in total. The normalized spacial score (nSPS) is 14.5. The van der Waals surface area contributed by atoms with E-state index in [-0.39, 0.29) is 0 Å². The standard InChI is InChI=1S/C26H25ClN4O2S/c1-2-3-4-7-15-34-26-29-25-23(30-31-26)19-11-5-6-12-20(19)28-24(33-25)22-14-13-21(32-22)17-9-8-10-18(27)16-17/h5-6,8-14,16,24,28H,2-4,7,15H2,1H3/t24-/m0/s1. The van der Waals surface area contributed by atoms with Crippen molar-refractivity contribution >= 4 is 29.1 Å². The molecule has 1 aliphatic heterocycles. The molecule has 2 aromatic heterocycles. The summed E-state index contributed by atoms with van der Waals surface area (Å²) in [6.45, 7) is 2.21. The predicted molar refractivity (Wildman–Crippen MR) is 136 cm³/mol. The Kier molecular flexibility index (Phi) is 7.02. The number of ether oxygens (including phenoxy) is 1. The Bertz CT molecular complexity index is 1280. The van der Waals surface area contributed by atoms with Crippen LogP contribution in [0.1, 0.15) is 44.6 Å². The van der Waals surface area contributed by atoms with Gasteiger partial charge in [-0.05, 0) is 36.8 Å². The number of nitrogens with zero attached hydrogens (tertiary/aromatic N) is 3. The summed E-state index contributed by atoms with van der Waals surface area (Å²) in [5.74, 6) is 2.74. The number of rotatable bonds is 8. The first-order chi connectivity index (χ1) is 16.7. The molecule has 8 heteroatoms. The molecule has 1 atom stereocenters. The Morgan fingerprint density at radius 2 is 1.91 bits per heavy atom. The second-order valence-corrected chi connectivity index (χ2v) is 9.56. The van der Waals surface area contributed by atoms with Crippen molar-refractivity contribution in [3.8, 4) is 28.5 Å². The minimum atomic E-state index is -0.575. The van der Waals surface area contributed by atoms with Gasteiger partial charge < -0.3 is 14.5 Å². The first kappa shape index (κ1) is 22.7. The van der Waals surface area contributed by atoms with Gasteiger partial charge in [0.15, 0.2) is 11.5 Å². The van der Waals surface area contributed by atoms with Gasteiger partial charge in [0.1, 0.15) is 5.76 Å². The summed E-state index contributed by atoms with van der Waals surface area (Å²) in [6, 6.07) is 19.3. The van der Waals surface area contributed by atoms with Crippen molar-refractivity contribution in [1.29, 1.82) is 0 Å². The monoisotopic (exact) mass is 492 g/mol. The van der Waals surface area contributed by atoms with E-state index >= 15 is 0 Å². The maximum absolute atomic E-state index is 6.33. The molecule has 4 aromatic rings. The SMILES string of the molecule is CCCCCCSc1nnc2c(n1)O[C@@H](c1ccc(-c3cccc(Cl)c3)o1)Nc1ccccc1-2. The topological polar surface area (TPSA) is 73.1 Å². The predicted octanol–water partition coefficient (Wildman–Crippen LogP) is 7.63. The molecule has 34 heavy (non-hydrogen) atoms. The molecule has 0 amide bonds. The summed E-state index contributed by atoms with van der Waals surface area (Å²) < 4.78 is 12.5. The second kappa shape index (κ2) is 10.5. The highest BCUT2D eigenvalue weighted by Crippen LogP contribution is 2.40. The highest BCUT2D eigenvalue weighted by Gasteiger charge is 2.28. The van der Waals surface area contributed by atoms with Crippen LogP contribution in [0, 0.1) is 0 Å². The number of hydrogen-bond acceptors (Lipinski definition) is 7. The molecular weight excluding hydrogens is 468 g/mol. The molecule has 0 saturated heterocycles. The van der Waals surface area contributed by atoms with Crippen LogP contribution in [-0.2, 0) is 0 Å². The van der Waals surface area contributed by atoms with Crippen LogP contribution in [0.25, 0.3) is 22.6 Å². The van der Waals surface area contributed by atoms with Gasteiger partial charge in [-0.25, -0.2) is 0 Å². The van der Waals surface area contributed by atoms with E-state index in [1.807, 2.05) is 60.7 Å². The Hall–Kier alpha value is -3.03. The van der Waals surface area contributed by atoms with E-state index in [0.29, 0.717) is 33.3 Å². The number of hydrogen-bond donors (Lipinski definition) is 1. The zero-order valence-electron chi connectivity index (χ0n) is 18.8. The smallest absolute Gasteiger partial charge is 0.247 e. The van der Waals surface area contributed by atoms with Crippen LogP contribution in [0.2, 0.25) is 5.02 Å². The van der Waals surface area contributed by atoms with Gasteiger partial charge in [-0.15, -0.1) is 10.2 Å². The number of fused-ring (bicyclic) bond motifs is 3. The first-order valence-corrected chi connectivity index (χ1v) is 12.8. The van der Waals surface area contributed by atoms with Gasteiger partial charge >= 0.3 is 0 Å². The van der Waals surface area contributed by atoms with Gasteiger partial charge in [-0.1, -0.05) is 79.9 Å². The zero-order valence-corrected chi connectivity index (χ0v) is 20.4. The number of nitrogens with one attached hydrogen (secondary N) is 1. The molecule has 3 heterocycles. The Morgan fingerprint density at radius 1 is 1.00 bits per heavy atom. The molecule has 0 saturated carbocycles. The number of furan rings is 1. The van der Waals surface area contributed by atoms with Crippen molar-refractivity contribution in [2.45, 2.75) is 44.0 Å². The lowest BCUT2D eigenvalue weighted by Crippen LogP contribution is -2.16.